The topological polar surface area (TPSA) is 44.9 Å². The van der Waals surface area contributed by atoms with Crippen molar-refractivity contribution in [3.63, 3.8) is 0 Å². The first kappa shape index (κ1) is 13.7. The third kappa shape index (κ3) is 3.60. The van der Waals surface area contributed by atoms with E-state index >= 15 is 0 Å². The number of hydrogen-bond acceptors (Lipinski definition) is 1. The van der Waals surface area contributed by atoms with E-state index in [4.69, 9.17) is 0 Å². The molecule has 3 nitrogen and oxygen atoms in total. The van der Waals surface area contributed by atoms with E-state index in [1.807, 2.05) is 30.3 Å². The number of rotatable bonds is 6. The van der Waals surface area contributed by atoms with Gasteiger partial charge in [0.05, 0.1) is 0 Å². The van der Waals surface area contributed by atoms with Gasteiger partial charge in [0.15, 0.2) is 0 Å². The van der Waals surface area contributed by atoms with E-state index in [1.54, 1.807) is 0 Å². The Balaban J connectivity index is 1.95. The van der Waals surface area contributed by atoms with E-state index in [0.29, 0.717) is 5.69 Å². The molecule has 2 aromatic rings. The SMILES string of the molecule is CCCCCC(C)NC(=O)c1cc2ccccc2[nH]1. The molecule has 1 aromatic carbocycles. The molecule has 0 aliphatic carbocycles. The van der Waals surface area contributed by atoms with Crippen molar-refractivity contribution in [2.75, 3.05) is 0 Å². The van der Waals surface area contributed by atoms with Gasteiger partial charge in [-0.2, -0.15) is 0 Å². The Morgan fingerprint density at radius 2 is 2.11 bits per heavy atom. The normalized spacial score (nSPS) is 12.5. The lowest BCUT2D eigenvalue weighted by atomic mass is 10.1. The van der Waals surface area contributed by atoms with Crippen molar-refractivity contribution in [2.24, 2.45) is 0 Å². The van der Waals surface area contributed by atoms with Gasteiger partial charge >= 0.3 is 0 Å². The maximum absolute atomic E-state index is 12.1. The number of aromatic amines is 1. The summed E-state index contributed by atoms with van der Waals surface area (Å²) in [5.74, 6) is -0.0137. The fourth-order valence-corrected chi connectivity index (χ4v) is 2.27. The van der Waals surface area contributed by atoms with Gasteiger partial charge < -0.3 is 10.3 Å². The maximum Gasteiger partial charge on any atom is 0.267 e. The van der Waals surface area contributed by atoms with Gasteiger partial charge in [-0.25, -0.2) is 0 Å². The molecular formula is C16H22N2O. The standard InChI is InChI=1S/C16H22N2O/c1-3-4-5-8-12(2)17-16(19)15-11-13-9-6-7-10-14(13)18-15/h6-7,9-12,18H,3-5,8H2,1-2H3,(H,17,19). The molecule has 1 unspecified atom stereocenters. The Kier molecular flexibility index (Phi) is 4.61. The largest absolute Gasteiger partial charge is 0.351 e. The van der Waals surface area contributed by atoms with Gasteiger partial charge in [-0.1, -0.05) is 44.4 Å². The first-order valence-corrected chi connectivity index (χ1v) is 7.09. The van der Waals surface area contributed by atoms with E-state index in [0.717, 1.165) is 17.3 Å². The second-order valence-corrected chi connectivity index (χ2v) is 5.14. The molecule has 0 aliphatic heterocycles. The molecule has 1 atom stereocenters. The monoisotopic (exact) mass is 258 g/mol. The van der Waals surface area contributed by atoms with Crippen LogP contribution in [0.2, 0.25) is 0 Å². The molecule has 3 heteroatoms. The minimum Gasteiger partial charge on any atom is -0.351 e. The van der Waals surface area contributed by atoms with E-state index < -0.39 is 0 Å². The lowest BCUT2D eigenvalue weighted by molar-refractivity contribution is 0.0933. The summed E-state index contributed by atoms with van der Waals surface area (Å²) in [6.45, 7) is 4.25. The molecule has 0 saturated carbocycles. The van der Waals surface area contributed by atoms with Crippen LogP contribution in [0.25, 0.3) is 10.9 Å². The fraction of sp³-hybridized carbons (Fsp3) is 0.438. The molecule has 0 bridgehead atoms. The van der Waals surface area contributed by atoms with Gasteiger partial charge in [0.2, 0.25) is 0 Å². The number of carbonyl (C=O) groups excluding carboxylic acids is 1. The minimum absolute atomic E-state index is 0.0137. The highest BCUT2D eigenvalue weighted by molar-refractivity contribution is 5.98. The number of H-pyrrole nitrogens is 1. The molecule has 0 saturated heterocycles. The Bertz CT molecular complexity index is 511. The summed E-state index contributed by atoms with van der Waals surface area (Å²) in [4.78, 5) is 15.3. The van der Waals surface area contributed by atoms with Crippen molar-refractivity contribution in [3.05, 3.63) is 36.0 Å². The van der Waals surface area contributed by atoms with Crippen LogP contribution >= 0.6 is 0 Å². The van der Waals surface area contributed by atoms with Crippen LogP contribution in [0.5, 0.6) is 0 Å². The zero-order valence-electron chi connectivity index (χ0n) is 11.7. The Labute approximate surface area is 114 Å². The molecule has 2 rings (SSSR count). The van der Waals surface area contributed by atoms with E-state index in [-0.39, 0.29) is 11.9 Å². The lowest BCUT2D eigenvalue weighted by Gasteiger charge is -2.12. The number of para-hydroxylation sites is 1. The smallest absolute Gasteiger partial charge is 0.267 e. The molecular weight excluding hydrogens is 236 g/mol. The first-order valence-electron chi connectivity index (χ1n) is 7.09. The van der Waals surface area contributed by atoms with Gasteiger partial charge in [0.1, 0.15) is 5.69 Å². The predicted molar refractivity (Wildman–Crippen MR) is 79.4 cm³/mol. The van der Waals surface area contributed by atoms with Crippen molar-refractivity contribution < 1.29 is 4.79 Å². The van der Waals surface area contributed by atoms with Crippen LogP contribution in [-0.2, 0) is 0 Å². The van der Waals surface area contributed by atoms with Crippen LogP contribution in [0.4, 0.5) is 0 Å². The van der Waals surface area contributed by atoms with Crippen LogP contribution in [0.15, 0.2) is 30.3 Å². The summed E-state index contributed by atoms with van der Waals surface area (Å²) in [6, 6.07) is 10.1. The number of fused-ring (bicyclic) bond motifs is 1. The molecule has 0 spiro atoms. The highest BCUT2D eigenvalue weighted by atomic mass is 16.1. The van der Waals surface area contributed by atoms with Gasteiger partial charge in [0.25, 0.3) is 5.91 Å². The third-order valence-corrected chi connectivity index (χ3v) is 3.39. The predicted octanol–water partition coefficient (Wildman–Crippen LogP) is 3.87. The molecule has 1 heterocycles. The number of benzene rings is 1. The molecule has 1 aromatic heterocycles. The summed E-state index contributed by atoms with van der Waals surface area (Å²) >= 11 is 0. The zero-order valence-corrected chi connectivity index (χ0v) is 11.7. The Morgan fingerprint density at radius 3 is 2.84 bits per heavy atom. The van der Waals surface area contributed by atoms with Gasteiger partial charge in [0, 0.05) is 16.9 Å². The summed E-state index contributed by atoms with van der Waals surface area (Å²) in [5.41, 5.74) is 1.65. The Hall–Kier alpha value is -1.77. The quantitative estimate of drug-likeness (QED) is 0.759. The van der Waals surface area contributed by atoms with Crippen molar-refractivity contribution in [1.82, 2.24) is 10.3 Å². The molecule has 0 fully saturated rings. The number of hydrogen-bond donors (Lipinski definition) is 2. The van der Waals surface area contributed by atoms with Gasteiger partial charge in [-0.05, 0) is 25.5 Å². The highest BCUT2D eigenvalue weighted by Crippen LogP contribution is 2.14. The summed E-state index contributed by atoms with van der Waals surface area (Å²) in [7, 11) is 0. The van der Waals surface area contributed by atoms with E-state index in [2.05, 4.69) is 24.1 Å². The number of carbonyl (C=O) groups is 1. The van der Waals surface area contributed by atoms with Crippen molar-refractivity contribution >= 4 is 16.8 Å². The first-order chi connectivity index (χ1) is 9.20. The minimum atomic E-state index is -0.0137. The van der Waals surface area contributed by atoms with Crippen LogP contribution in [0.1, 0.15) is 50.0 Å². The molecule has 19 heavy (non-hydrogen) atoms. The van der Waals surface area contributed by atoms with Gasteiger partial charge in [-0.15, -0.1) is 0 Å². The average Bonchev–Trinajstić information content (AvgIpc) is 2.83. The Morgan fingerprint density at radius 1 is 1.32 bits per heavy atom. The van der Waals surface area contributed by atoms with Crippen molar-refractivity contribution in [2.45, 2.75) is 45.6 Å². The summed E-state index contributed by atoms with van der Waals surface area (Å²) < 4.78 is 0. The number of amides is 1. The molecule has 0 radical (unpaired) electrons. The molecule has 102 valence electrons. The maximum atomic E-state index is 12.1. The van der Waals surface area contributed by atoms with Gasteiger partial charge in [-0.3, -0.25) is 4.79 Å². The number of aromatic nitrogens is 1. The van der Waals surface area contributed by atoms with Crippen LogP contribution in [-0.4, -0.2) is 16.9 Å². The summed E-state index contributed by atoms with van der Waals surface area (Å²) in [6.07, 6.45) is 4.65. The highest BCUT2D eigenvalue weighted by Gasteiger charge is 2.11. The number of unbranched alkanes of at least 4 members (excludes halogenated alkanes) is 2. The van der Waals surface area contributed by atoms with E-state index in [1.165, 1.54) is 19.3 Å². The lowest BCUT2D eigenvalue weighted by Crippen LogP contribution is -2.32. The van der Waals surface area contributed by atoms with Crippen LogP contribution < -0.4 is 5.32 Å². The molecule has 0 aliphatic rings. The van der Waals surface area contributed by atoms with Crippen molar-refractivity contribution in [3.8, 4) is 0 Å². The van der Waals surface area contributed by atoms with E-state index in [9.17, 15) is 4.79 Å². The van der Waals surface area contributed by atoms with Crippen molar-refractivity contribution in [1.29, 1.82) is 0 Å². The average molecular weight is 258 g/mol. The number of nitrogens with one attached hydrogen (secondary N) is 2. The summed E-state index contributed by atoms with van der Waals surface area (Å²) in [5, 5.41) is 4.12. The molecule has 2 N–H and O–H groups in total. The second-order valence-electron chi connectivity index (χ2n) is 5.14. The second kappa shape index (κ2) is 6.41. The zero-order chi connectivity index (χ0) is 13.7. The van der Waals surface area contributed by atoms with Crippen LogP contribution in [0, 0.1) is 0 Å². The van der Waals surface area contributed by atoms with Crippen LogP contribution in [0.3, 0.4) is 0 Å². The molecule has 1 amide bonds. The third-order valence-electron chi connectivity index (χ3n) is 3.39. The fourth-order valence-electron chi connectivity index (χ4n) is 2.27.